The van der Waals surface area contributed by atoms with Gasteiger partial charge in [0.05, 0.1) is 19.3 Å². The summed E-state index contributed by atoms with van der Waals surface area (Å²) in [7, 11) is 3.80. The largest absolute Gasteiger partial charge is 0.481 e. The topological polar surface area (TPSA) is 183 Å². The van der Waals surface area contributed by atoms with Gasteiger partial charge in [0.15, 0.2) is 0 Å². The van der Waals surface area contributed by atoms with Crippen molar-refractivity contribution in [2.24, 2.45) is 27.7 Å². The zero-order valence-corrected chi connectivity index (χ0v) is 43.4. The van der Waals surface area contributed by atoms with Crippen LogP contribution in [0.2, 0.25) is 0 Å². The quantitative estimate of drug-likeness (QED) is 0.0160. The Morgan fingerprint density at radius 1 is 0.613 bits per heavy atom. The van der Waals surface area contributed by atoms with Crippen LogP contribution < -0.4 is 22.1 Å². The third kappa shape index (κ3) is 32.9. The van der Waals surface area contributed by atoms with Gasteiger partial charge < -0.3 is 41.5 Å². The average Bonchev–Trinajstić information content (AvgIpc) is 3.20. The molecule has 0 aromatic rings. The van der Waals surface area contributed by atoms with Crippen LogP contribution >= 0.6 is 46.8 Å². The maximum atomic E-state index is 12.2. The van der Waals surface area contributed by atoms with Crippen molar-refractivity contribution in [2.45, 2.75) is 194 Å². The normalized spacial score (nSPS) is 18.0. The number of aldehydes is 1. The first-order chi connectivity index (χ1) is 29.3. The predicted octanol–water partition coefficient (Wildman–Crippen LogP) is 9.83. The van der Waals surface area contributed by atoms with Gasteiger partial charge in [-0.3, -0.25) is 14.4 Å². The van der Waals surface area contributed by atoms with Crippen LogP contribution in [0, 0.1) is 16.2 Å². The maximum absolute atomic E-state index is 12.2. The van der Waals surface area contributed by atoms with Crippen molar-refractivity contribution in [3.05, 3.63) is 0 Å². The second-order valence-corrected chi connectivity index (χ2v) is 23.3. The summed E-state index contributed by atoms with van der Waals surface area (Å²) in [6.07, 6.45) is 23.2. The first kappa shape index (κ1) is 61.3. The standard InChI is InChI=1S/C16H31NO2S.C13H22O3.C12H23NO2S.C6H16N2S2/c1-15(2,3)19-14(18)12-16(8-5-4-6-9-16)13-17-10-7-11-20;1-12(2,3)16-11(15)9-13(10-14)7-5-4-6-8-13;14-11(15)9-12(5-2-1-3-6-12)10-13-7-4-8-16;7-3-1-5-9-10-6-2-4-8/h17,20H,4-13H2,1-3H3;10H,4-9H2,1-3H3;13,16H,1-10H2,(H,14,15);1-8H2. The van der Waals surface area contributed by atoms with Crippen molar-refractivity contribution in [1.82, 2.24) is 10.6 Å². The van der Waals surface area contributed by atoms with Crippen LogP contribution in [0.3, 0.4) is 0 Å². The summed E-state index contributed by atoms with van der Waals surface area (Å²) in [5, 5.41) is 15.9. The molecule has 0 unspecified atom stereocenters. The van der Waals surface area contributed by atoms with E-state index >= 15 is 0 Å². The maximum Gasteiger partial charge on any atom is 0.307 e. The van der Waals surface area contributed by atoms with Gasteiger partial charge in [-0.2, -0.15) is 25.3 Å². The molecule has 0 saturated heterocycles. The Morgan fingerprint density at radius 2 is 0.984 bits per heavy atom. The number of ether oxygens (including phenoxy) is 2. The molecule has 15 heteroatoms. The molecule has 0 aromatic carbocycles. The smallest absolute Gasteiger partial charge is 0.307 e. The first-order valence-electron chi connectivity index (χ1n) is 23.7. The van der Waals surface area contributed by atoms with Crippen LogP contribution in [-0.2, 0) is 28.7 Å². The van der Waals surface area contributed by atoms with E-state index in [0.717, 1.165) is 134 Å². The van der Waals surface area contributed by atoms with Crippen molar-refractivity contribution < 1.29 is 33.8 Å². The van der Waals surface area contributed by atoms with Crippen molar-refractivity contribution >= 4 is 71.0 Å². The highest BCUT2D eigenvalue weighted by Crippen LogP contribution is 2.41. The number of carboxylic acids is 1. The van der Waals surface area contributed by atoms with Gasteiger partial charge in [0.2, 0.25) is 0 Å². The van der Waals surface area contributed by atoms with Gasteiger partial charge in [0.25, 0.3) is 0 Å². The van der Waals surface area contributed by atoms with Gasteiger partial charge in [-0.25, -0.2) is 0 Å². The molecule has 11 nitrogen and oxygen atoms in total. The molecule has 62 heavy (non-hydrogen) atoms. The van der Waals surface area contributed by atoms with Crippen LogP contribution in [0.15, 0.2) is 0 Å². The minimum absolute atomic E-state index is 0.0146. The molecule has 3 fully saturated rings. The Balaban J connectivity index is 0.000000820. The van der Waals surface area contributed by atoms with Crippen LogP contribution in [0.5, 0.6) is 0 Å². The number of carboxylic acid groups (broad SMARTS) is 1. The van der Waals surface area contributed by atoms with Crippen LogP contribution in [-0.4, -0.2) is 103 Å². The van der Waals surface area contributed by atoms with Gasteiger partial charge in [-0.15, -0.1) is 0 Å². The highest BCUT2D eigenvalue weighted by molar-refractivity contribution is 8.76. The van der Waals surface area contributed by atoms with Gasteiger partial charge in [0, 0.05) is 30.0 Å². The van der Waals surface area contributed by atoms with E-state index in [4.69, 9.17) is 26.0 Å². The lowest BCUT2D eigenvalue weighted by atomic mass is 9.71. The number of nitrogens with two attached hydrogens (primary N) is 2. The zero-order chi connectivity index (χ0) is 46.8. The summed E-state index contributed by atoms with van der Waals surface area (Å²) in [6, 6.07) is 0. The molecule has 0 spiro atoms. The summed E-state index contributed by atoms with van der Waals surface area (Å²) >= 11 is 8.39. The van der Waals surface area contributed by atoms with Crippen LogP contribution in [0.25, 0.3) is 0 Å². The van der Waals surface area contributed by atoms with Crippen molar-refractivity contribution in [3.63, 3.8) is 0 Å². The lowest BCUT2D eigenvalue weighted by Crippen LogP contribution is -2.39. The number of hydrogen-bond donors (Lipinski definition) is 7. The van der Waals surface area contributed by atoms with Crippen molar-refractivity contribution in [1.29, 1.82) is 0 Å². The summed E-state index contributed by atoms with van der Waals surface area (Å²) in [5.74, 6) is 3.19. The molecule has 0 amide bonds. The second-order valence-electron chi connectivity index (χ2n) is 19.7. The highest BCUT2D eigenvalue weighted by Gasteiger charge is 2.37. The summed E-state index contributed by atoms with van der Waals surface area (Å²) in [6.45, 7) is 16.7. The highest BCUT2D eigenvalue weighted by atomic mass is 33.1. The Bertz CT molecular complexity index is 1160. The number of thiol groups is 2. The number of esters is 2. The summed E-state index contributed by atoms with van der Waals surface area (Å²) in [5.41, 5.74) is 9.49. The average molecular weight is 954 g/mol. The molecule has 0 aromatic heterocycles. The fraction of sp³-hybridized carbons (Fsp3) is 0.915. The Morgan fingerprint density at radius 3 is 1.32 bits per heavy atom. The van der Waals surface area contributed by atoms with E-state index in [9.17, 15) is 19.2 Å². The molecular weight excluding hydrogens is 861 g/mol. The molecule has 0 radical (unpaired) electrons. The molecule has 0 aliphatic heterocycles. The monoisotopic (exact) mass is 953 g/mol. The van der Waals surface area contributed by atoms with E-state index in [1.54, 1.807) is 0 Å². The Labute approximate surface area is 397 Å². The molecule has 0 heterocycles. The summed E-state index contributed by atoms with van der Waals surface area (Å²) < 4.78 is 10.8. The Kier molecular flexibility index (Phi) is 35.1. The lowest BCUT2D eigenvalue weighted by Gasteiger charge is -2.37. The number of nitrogens with one attached hydrogen (secondary N) is 2. The molecule has 3 aliphatic carbocycles. The predicted molar refractivity (Wildman–Crippen MR) is 271 cm³/mol. The fourth-order valence-corrected chi connectivity index (χ4v) is 10.8. The SMILES string of the molecule is CC(C)(C)OC(=O)CC1(C=O)CCCCC1.CC(C)(C)OC(=O)CC1(CNCCCS)CCCCC1.NCCCSSCCCN.O=C(O)CC1(CNCCCS)CCCCC1. The van der Waals surface area contributed by atoms with E-state index in [-0.39, 0.29) is 34.8 Å². The van der Waals surface area contributed by atoms with Crippen molar-refractivity contribution in [2.75, 3.05) is 62.3 Å². The van der Waals surface area contributed by atoms with Gasteiger partial charge in [-0.05, 0) is 154 Å². The van der Waals surface area contributed by atoms with E-state index < -0.39 is 17.0 Å². The van der Waals surface area contributed by atoms with E-state index in [1.165, 1.54) is 56.5 Å². The number of carbonyl (C=O) groups excluding carboxylic acids is 3. The molecule has 3 saturated carbocycles. The van der Waals surface area contributed by atoms with E-state index in [2.05, 4.69) is 35.9 Å². The third-order valence-electron chi connectivity index (χ3n) is 11.3. The molecule has 3 rings (SSSR count). The van der Waals surface area contributed by atoms with Gasteiger partial charge in [-0.1, -0.05) is 79.4 Å². The minimum Gasteiger partial charge on any atom is -0.481 e. The molecule has 7 N–H and O–H groups in total. The number of hydrogen-bond acceptors (Lipinski definition) is 14. The number of rotatable bonds is 24. The lowest BCUT2D eigenvalue weighted by molar-refractivity contribution is -0.160. The van der Waals surface area contributed by atoms with Crippen LogP contribution in [0.1, 0.15) is 183 Å². The van der Waals surface area contributed by atoms with Crippen molar-refractivity contribution in [3.8, 4) is 0 Å². The second kappa shape index (κ2) is 35.5. The first-order valence-corrected chi connectivity index (χ1v) is 27.5. The molecule has 0 atom stereocenters. The number of aliphatic carboxylic acids is 1. The van der Waals surface area contributed by atoms with Crippen LogP contribution in [0.4, 0.5) is 0 Å². The van der Waals surface area contributed by atoms with E-state index in [1.807, 2.05) is 63.1 Å². The minimum atomic E-state index is -0.655. The molecule has 0 bridgehead atoms. The Hall–Kier alpha value is -0.680. The van der Waals surface area contributed by atoms with Gasteiger partial charge >= 0.3 is 17.9 Å². The molecule has 366 valence electrons. The third-order valence-corrected chi connectivity index (χ3v) is 14.5. The zero-order valence-electron chi connectivity index (χ0n) is 40.0. The summed E-state index contributed by atoms with van der Waals surface area (Å²) in [4.78, 5) is 46.0. The van der Waals surface area contributed by atoms with Gasteiger partial charge in [0.1, 0.15) is 17.5 Å². The number of carbonyl (C=O) groups is 4. The molecule has 3 aliphatic rings. The fourth-order valence-electron chi connectivity index (χ4n) is 8.22. The van der Waals surface area contributed by atoms with E-state index in [0.29, 0.717) is 12.8 Å². The molecular formula is C47H92N4O7S4.